The monoisotopic (exact) mass is 295 g/mol. The summed E-state index contributed by atoms with van der Waals surface area (Å²) in [7, 11) is 0. The van der Waals surface area contributed by atoms with Crippen LogP contribution in [0.3, 0.4) is 0 Å². The van der Waals surface area contributed by atoms with Crippen molar-refractivity contribution in [2.45, 2.75) is 51.2 Å². The van der Waals surface area contributed by atoms with Crippen molar-refractivity contribution >= 4 is 17.5 Å². The molecule has 0 bridgehead atoms. The third-order valence-corrected chi connectivity index (χ3v) is 4.11. The Morgan fingerprint density at radius 3 is 2.90 bits per heavy atom. The van der Waals surface area contributed by atoms with E-state index >= 15 is 0 Å². The summed E-state index contributed by atoms with van der Waals surface area (Å²) in [6.45, 7) is 4.82. The average Bonchev–Trinajstić information content (AvgIpc) is 2.47. The van der Waals surface area contributed by atoms with Gasteiger partial charge in [-0.1, -0.05) is 13.8 Å². The van der Waals surface area contributed by atoms with Crippen LogP contribution in [-0.2, 0) is 4.74 Å². The summed E-state index contributed by atoms with van der Waals surface area (Å²) in [6, 6.07) is 0.0756. The van der Waals surface area contributed by atoms with Gasteiger partial charge in [0.2, 0.25) is 11.8 Å². The van der Waals surface area contributed by atoms with Gasteiger partial charge in [0.05, 0.1) is 10.5 Å². The first kappa shape index (κ1) is 15.4. The number of aromatic nitrogens is 2. The first-order chi connectivity index (χ1) is 9.99. The topological polar surface area (TPSA) is 116 Å². The van der Waals surface area contributed by atoms with E-state index in [2.05, 4.69) is 29.1 Å². The molecule has 0 saturated carbocycles. The molecule has 1 fully saturated rings. The van der Waals surface area contributed by atoms with Crippen LogP contribution in [0, 0.1) is 10.1 Å². The van der Waals surface area contributed by atoms with Gasteiger partial charge in [0, 0.05) is 12.6 Å². The molecule has 0 aliphatic carbocycles. The van der Waals surface area contributed by atoms with Crippen LogP contribution >= 0.6 is 0 Å². The van der Waals surface area contributed by atoms with Crippen LogP contribution in [-0.4, -0.2) is 33.1 Å². The molecule has 8 heteroatoms. The Kier molecular flexibility index (Phi) is 4.56. The van der Waals surface area contributed by atoms with E-state index < -0.39 is 4.92 Å². The highest BCUT2D eigenvalue weighted by Crippen LogP contribution is 2.33. The number of nitrogens with one attached hydrogen (secondary N) is 1. The molecule has 21 heavy (non-hydrogen) atoms. The Bertz CT molecular complexity index is 519. The summed E-state index contributed by atoms with van der Waals surface area (Å²) in [5.41, 5.74) is 5.21. The molecular formula is C13H21N5O3. The Morgan fingerprint density at radius 2 is 2.29 bits per heavy atom. The van der Waals surface area contributed by atoms with Crippen LogP contribution in [0.5, 0.6) is 0 Å². The van der Waals surface area contributed by atoms with E-state index in [4.69, 9.17) is 10.5 Å². The minimum Gasteiger partial charge on any atom is -0.375 e. The van der Waals surface area contributed by atoms with Crippen molar-refractivity contribution in [2.75, 3.05) is 17.7 Å². The van der Waals surface area contributed by atoms with Gasteiger partial charge >= 0.3 is 5.69 Å². The van der Waals surface area contributed by atoms with Crippen molar-refractivity contribution in [3.63, 3.8) is 0 Å². The van der Waals surface area contributed by atoms with Crippen molar-refractivity contribution in [3.8, 4) is 0 Å². The molecule has 0 aromatic carbocycles. The minimum absolute atomic E-state index is 0.0207. The maximum absolute atomic E-state index is 11.0. The maximum atomic E-state index is 11.0. The number of nitrogens with zero attached hydrogens (tertiary/aromatic N) is 3. The molecule has 1 aromatic heterocycles. The molecule has 116 valence electrons. The quantitative estimate of drug-likeness (QED) is 0.631. The van der Waals surface area contributed by atoms with Crippen molar-refractivity contribution in [1.29, 1.82) is 0 Å². The van der Waals surface area contributed by atoms with Crippen LogP contribution in [0.1, 0.15) is 39.5 Å². The summed E-state index contributed by atoms with van der Waals surface area (Å²) in [5.74, 6) is 0.202. The van der Waals surface area contributed by atoms with Crippen LogP contribution < -0.4 is 11.1 Å². The Hall–Kier alpha value is -1.96. The lowest BCUT2D eigenvalue weighted by molar-refractivity contribution is -0.384. The van der Waals surface area contributed by atoms with E-state index in [0.29, 0.717) is 6.61 Å². The number of nitro groups is 1. The maximum Gasteiger partial charge on any atom is 0.329 e. The van der Waals surface area contributed by atoms with Crippen molar-refractivity contribution in [3.05, 3.63) is 16.3 Å². The summed E-state index contributed by atoms with van der Waals surface area (Å²) >= 11 is 0. The summed E-state index contributed by atoms with van der Waals surface area (Å²) < 4.78 is 5.90. The van der Waals surface area contributed by atoms with Gasteiger partial charge < -0.3 is 15.8 Å². The van der Waals surface area contributed by atoms with Gasteiger partial charge in [-0.25, -0.2) is 4.98 Å². The number of ether oxygens (including phenoxy) is 1. The van der Waals surface area contributed by atoms with Gasteiger partial charge in [-0.15, -0.1) is 0 Å². The molecule has 0 amide bonds. The van der Waals surface area contributed by atoms with E-state index in [9.17, 15) is 10.1 Å². The molecule has 1 atom stereocenters. The number of hydrogen-bond donors (Lipinski definition) is 2. The lowest BCUT2D eigenvalue weighted by Gasteiger charge is -2.40. The second kappa shape index (κ2) is 6.21. The number of rotatable bonds is 5. The molecule has 2 rings (SSSR count). The van der Waals surface area contributed by atoms with Crippen LogP contribution in [0.15, 0.2) is 6.20 Å². The Morgan fingerprint density at radius 1 is 1.57 bits per heavy atom. The van der Waals surface area contributed by atoms with Crippen LogP contribution in [0.25, 0.3) is 0 Å². The molecule has 0 spiro atoms. The van der Waals surface area contributed by atoms with Crippen molar-refractivity contribution in [1.82, 2.24) is 9.97 Å². The molecule has 1 aliphatic heterocycles. The molecule has 0 radical (unpaired) electrons. The molecule has 3 N–H and O–H groups in total. The molecule has 2 heterocycles. The molecule has 1 saturated heterocycles. The van der Waals surface area contributed by atoms with Gasteiger partial charge in [0.25, 0.3) is 0 Å². The van der Waals surface area contributed by atoms with Gasteiger partial charge in [-0.3, -0.25) is 10.1 Å². The van der Waals surface area contributed by atoms with Gasteiger partial charge in [-0.05, 0) is 25.7 Å². The molecule has 1 unspecified atom stereocenters. The van der Waals surface area contributed by atoms with Crippen molar-refractivity contribution < 1.29 is 9.66 Å². The third kappa shape index (κ3) is 3.38. The largest absolute Gasteiger partial charge is 0.375 e. The standard InChI is InChI=1S/C13H21N5O3/c1-3-13(4-2)7-9(5-6-21-13)16-11-10(18(19)20)8-15-12(14)17-11/h8-9H,3-7H2,1-2H3,(H3,14,15,16,17). The number of nitrogens with two attached hydrogens (primary N) is 1. The summed E-state index contributed by atoms with van der Waals surface area (Å²) in [5, 5.41) is 14.2. The zero-order chi connectivity index (χ0) is 15.5. The highest BCUT2D eigenvalue weighted by atomic mass is 16.6. The Balaban J connectivity index is 2.18. The first-order valence-corrected chi connectivity index (χ1v) is 7.17. The fourth-order valence-corrected chi connectivity index (χ4v) is 2.72. The number of hydrogen-bond acceptors (Lipinski definition) is 7. The minimum atomic E-state index is -0.506. The molecular weight excluding hydrogens is 274 g/mol. The molecule has 1 aromatic rings. The van der Waals surface area contributed by atoms with Crippen LogP contribution in [0.4, 0.5) is 17.5 Å². The van der Waals surface area contributed by atoms with E-state index in [-0.39, 0.29) is 29.1 Å². The van der Waals surface area contributed by atoms with Gasteiger partial charge in [0.15, 0.2) is 0 Å². The molecule has 1 aliphatic rings. The fourth-order valence-electron chi connectivity index (χ4n) is 2.72. The van der Waals surface area contributed by atoms with E-state index in [1.807, 2.05) is 0 Å². The van der Waals surface area contributed by atoms with Gasteiger partial charge in [-0.2, -0.15) is 4.98 Å². The normalized spacial score (nSPS) is 21.0. The second-order valence-electron chi connectivity index (χ2n) is 5.29. The zero-order valence-corrected chi connectivity index (χ0v) is 12.3. The summed E-state index contributed by atoms with van der Waals surface area (Å²) in [4.78, 5) is 18.2. The lowest BCUT2D eigenvalue weighted by Crippen LogP contribution is -2.43. The number of nitrogen functional groups attached to an aromatic ring is 1. The molecule has 8 nitrogen and oxygen atoms in total. The van der Waals surface area contributed by atoms with E-state index in [1.54, 1.807) is 0 Å². The first-order valence-electron chi connectivity index (χ1n) is 7.17. The van der Waals surface area contributed by atoms with Gasteiger partial charge in [0.1, 0.15) is 6.20 Å². The van der Waals surface area contributed by atoms with E-state index in [1.165, 1.54) is 0 Å². The fraction of sp³-hybridized carbons (Fsp3) is 0.692. The van der Waals surface area contributed by atoms with Crippen molar-refractivity contribution in [2.24, 2.45) is 0 Å². The zero-order valence-electron chi connectivity index (χ0n) is 12.3. The van der Waals surface area contributed by atoms with Crippen LogP contribution in [0.2, 0.25) is 0 Å². The predicted molar refractivity (Wildman–Crippen MR) is 79.0 cm³/mol. The SMILES string of the molecule is CCC1(CC)CC(Nc2nc(N)ncc2[N+](=O)[O-])CCO1. The average molecular weight is 295 g/mol. The third-order valence-electron chi connectivity index (χ3n) is 4.11. The second-order valence-corrected chi connectivity index (χ2v) is 5.29. The number of anilines is 2. The Labute approximate surface area is 123 Å². The predicted octanol–water partition coefficient (Wildman–Crippen LogP) is 2.12. The highest BCUT2D eigenvalue weighted by Gasteiger charge is 2.35. The smallest absolute Gasteiger partial charge is 0.329 e. The highest BCUT2D eigenvalue weighted by molar-refractivity contribution is 5.56. The summed E-state index contributed by atoms with van der Waals surface area (Å²) in [6.07, 6.45) is 4.53. The van der Waals surface area contributed by atoms with E-state index in [0.717, 1.165) is 31.9 Å². The lowest BCUT2D eigenvalue weighted by atomic mass is 9.86.